The molecule has 0 spiro atoms. The zero-order valence-electron chi connectivity index (χ0n) is 15.6. The average molecular weight is 375 g/mol. The first kappa shape index (κ1) is 19.0. The molecule has 0 radical (unpaired) electrons. The van der Waals surface area contributed by atoms with Gasteiger partial charge in [0, 0.05) is 30.3 Å². The summed E-state index contributed by atoms with van der Waals surface area (Å²) >= 11 is 6.05. The first-order valence-electron chi connectivity index (χ1n) is 9.03. The summed E-state index contributed by atoms with van der Waals surface area (Å²) in [6.45, 7) is 8.64. The number of hydrogen-bond donors (Lipinski definition) is 2. The summed E-state index contributed by atoms with van der Waals surface area (Å²) in [6.07, 6.45) is 0. The fourth-order valence-corrected chi connectivity index (χ4v) is 3.47. The third-order valence-corrected chi connectivity index (χ3v) is 5.00. The molecule has 1 aliphatic rings. The Kier molecular flexibility index (Phi) is 5.76. The molecule has 0 aromatic heterocycles. The number of anilines is 1. The van der Waals surface area contributed by atoms with Gasteiger partial charge in [-0.1, -0.05) is 23.7 Å². The minimum atomic E-state index is -0.588. The highest BCUT2D eigenvalue weighted by Gasteiger charge is 2.26. The minimum Gasteiger partial charge on any atom is -0.485 e. The lowest BCUT2D eigenvalue weighted by molar-refractivity contribution is 0.0412. The van der Waals surface area contributed by atoms with Crippen LogP contribution in [0.2, 0.25) is 5.02 Å². The second-order valence-electron chi connectivity index (χ2n) is 7.43. The van der Waals surface area contributed by atoms with Gasteiger partial charge in [0.05, 0.1) is 12.6 Å². The Labute approximate surface area is 160 Å². The molecule has 1 heterocycles. The van der Waals surface area contributed by atoms with Crippen LogP contribution in [0.3, 0.4) is 0 Å². The molecule has 4 nitrogen and oxygen atoms in total. The van der Waals surface area contributed by atoms with Gasteiger partial charge in [0.2, 0.25) is 0 Å². The molecule has 2 aromatic carbocycles. The van der Waals surface area contributed by atoms with E-state index in [2.05, 4.69) is 35.3 Å². The van der Waals surface area contributed by atoms with Crippen molar-refractivity contribution in [2.45, 2.75) is 32.4 Å². The monoisotopic (exact) mass is 374 g/mol. The van der Waals surface area contributed by atoms with E-state index in [-0.39, 0.29) is 12.6 Å². The van der Waals surface area contributed by atoms with Crippen LogP contribution >= 0.6 is 11.6 Å². The molecule has 3 rings (SSSR count). The predicted octanol–water partition coefficient (Wildman–Crippen LogP) is 3.95. The Morgan fingerprint density at radius 3 is 2.62 bits per heavy atom. The van der Waals surface area contributed by atoms with Crippen molar-refractivity contribution in [3.8, 4) is 5.75 Å². The zero-order chi connectivity index (χ0) is 18.7. The summed E-state index contributed by atoms with van der Waals surface area (Å²) in [6, 6.07) is 14.5. The number of hydrogen-bond acceptors (Lipinski definition) is 4. The molecule has 2 N–H and O–H groups in total. The molecule has 0 saturated carbocycles. The van der Waals surface area contributed by atoms with Gasteiger partial charge in [-0.15, -0.1) is 0 Å². The lowest BCUT2D eigenvalue weighted by Gasteiger charge is -2.39. The summed E-state index contributed by atoms with van der Waals surface area (Å²) in [5.74, 6) is 0.781. The topological polar surface area (TPSA) is 44.7 Å². The fraction of sp³-hybridized carbons (Fsp3) is 0.429. The van der Waals surface area contributed by atoms with E-state index in [9.17, 15) is 5.11 Å². The highest BCUT2D eigenvalue weighted by molar-refractivity contribution is 6.30. The van der Waals surface area contributed by atoms with Crippen molar-refractivity contribution in [2.24, 2.45) is 0 Å². The van der Waals surface area contributed by atoms with Crippen LogP contribution in [0.1, 0.15) is 31.0 Å². The first-order valence-corrected chi connectivity index (χ1v) is 9.41. The van der Waals surface area contributed by atoms with E-state index in [1.807, 2.05) is 38.1 Å². The van der Waals surface area contributed by atoms with E-state index in [0.29, 0.717) is 0 Å². The van der Waals surface area contributed by atoms with Crippen molar-refractivity contribution in [3.05, 3.63) is 58.6 Å². The summed E-state index contributed by atoms with van der Waals surface area (Å²) < 4.78 is 5.90. The van der Waals surface area contributed by atoms with Gasteiger partial charge in [-0.3, -0.25) is 0 Å². The number of nitrogens with one attached hydrogen (secondary N) is 1. The molecule has 140 valence electrons. The molecular formula is C21H27ClN2O2. The average Bonchev–Trinajstić information content (AvgIpc) is 2.62. The summed E-state index contributed by atoms with van der Waals surface area (Å²) in [7, 11) is 0. The van der Waals surface area contributed by atoms with E-state index >= 15 is 0 Å². The van der Waals surface area contributed by atoms with Crippen LogP contribution in [-0.4, -0.2) is 36.9 Å². The zero-order valence-corrected chi connectivity index (χ0v) is 16.4. The lowest BCUT2D eigenvalue weighted by Crippen LogP contribution is -2.46. The van der Waals surface area contributed by atoms with Crippen molar-refractivity contribution in [1.82, 2.24) is 5.32 Å². The van der Waals surface area contributed by atoms with E-state index < -0.39 is 5.60 Å². The molecule has 1 aliphatic heterocycles. The smallest absolute Gasteiger partial charge is 0.126 e. The maximum Gasteiger partial charge on any atom is 0.126 e. The molecule has 1 fully saturated rings. The van der Waals surface area contributed by atoms with E-state index in [1.165, 1.54) is 11.3 Å². The number of aliphatic hydroxyl groups is 1. The van der Waals surface area contributed by atoms with Gasteiger partial charge in [0.15, 0.2) is 0 Å². The molecule has 0 aliphatic carbocycles. The van der Waals surface area contributed by atoms with Gasteiger partial charge in [0.1, 0.15) is 11.4 Å². The third-order valence-electron chi connectivity index (χ3n) is 4.75. The van der Waals surface area contributed by atoms with E-state index in [0.717, 1.165) is 36.0 Å². The Hall–Kier alpha value is -1.75. The summed E-state index contributed by atoms with van der Waals surface area (Å²) in [4.78, 5) is 2.44. The van der Waals surface area contributed by atoms with Crippen molar-refractivity contribution >= 4 is 17.3 Å². The van der Waals surface area contributed by atoms with Crippen LogP contribution in [0.25, 0.3) is 0 Å². The highest BCUT2D eigenvalue weighted by Crippen LogP contribution is 2.33. The van der Waals surface area contributed by atoms with Crippen molar-refractivity contribution in [1.29, 1.82) is 0 Å². The predicted molar refractivity (Wildman–Crippen MR) is 107 cm³/mol. The molecular weight excluding hydrogens is 348 g/mol. The Bertz CT molecular complexity index is 746. The Balaban J connectivity index is 1.87. The van der Waals surface area contributed by atoms with Gasteiger partial charge in [-0.25, -0.2) is 0 Å². The van der Waals surface area contributed by atoms with Gasteiger partial charge >= 0.3 is 0 Å². The number of nitrogens with zero attached hydrogens (tertiary/aromatic N) is 1. The second kappa shape index (κ2) is 7.87. The molecule has 26 heavy (non-hydrogen) atoms. The Morgan fingerprint density at radius 1 is 1.23 bits per heavy atom. The number of aliphatic hydroxyl groups excluding tert-OH is 1. The highest BCUT2D eigenvalue weighted by atomic mass is 35.5. The van der Waals surface area contributed by atoms with Crippen LogP contribution in [0.5, 0.6) is 5.75 Å². The van der Waals surface area contributed by atoms with Crippen molar-refractivity contribution in [3.63, 3.8) is 0 Å². The largest absolute Gasteiger partial charge is 0.485 e. The van der Waals surface area contributed by atoms with Crippen molar-refractivity contribution in [2.75, 3.05) is 31.1 Å². The second-order valence-corrected chi connectivity index (χ2v) is 7.87. The molecule has 1 atom stereocenters. The van der Waals surface area contributed by atoms with Crippen LogP contribution in [0, 0.1) is 6.92 Å². The number of rotatable bonds is 5. The molecule has 0 unspecified atom stereocenters. The van der Waals surface area contributed by atoms with Crippen LogP contribution in [0.4, 0.5) is 5.69 Å². The maximum atomic E-state index is 9.41. The third kappa shape index (κ3) is 4.32. The van der Waals surface area contributed by atoms with Crippen molar-refractivity contribution < 1.29 is 9.84 Å². The fourth-order valence-electron chi connectivity index (χ4n) is 3.34. The maximum absolute atomic E-state index is 9.41. The normalized spacial score (nSPS) is 18.0. The number of halogens is 1. The molecule has 5 heteroatoms. The van der Waals surface area contributed by atoms with Crippen LogP contribution in [-0.2, 0) is 0 Å². The first-order chi connectivity index (χ1) is 12.4. The summed E-state index contributed by atoms with van der Waals surface area (Å²) in [5.41, 5.74) is 3.04. The summed E-state index contributed by atoms with van der Waals surface area (Å²) in [5, 5.41) is 13.7. The number of aryl methyl sites for hydroxylation is 1. The van der Waals surface area contributed by atoms with Crippen LogP contribution in [0.15, 0.2) is 42.5 Å². The molecule has 1 saturated heterocycles. The Morgan fingerprint density at radius 2 is 1.96 bits per heavy atom. The standard InChI is InChI=1S/C21H27ClN2O2/c1-15-12-18(26-21(2,3)14-25)8-9-19(15)24-11-10-23-13-20(24)16-4-6-17(22)7-5-16/h4-9,12,20,23,25H,10-11,13-14H2,1-3H3/t20-/m0/s1. The van der Waals surface area contributed by atoms with Gasteiger partial charge in [0.25, 0.3) is 0 Å². The molecule has 2 aromatic rings. The lowest BCUT2D eigenvalue weighted by atomic mass is 10.0. The number of ether oxygens (including phenoxy) is 1. The number of benzene rings is 2. The molecule has 0 amide bonds. The SMILES string of the molecule is Cc1cc(OC(C)(C)CO)ccc1N1CCNC[C@H]1c1ccc(Cl)cc1. The molecule has 0 bridgehead atoms. The van der Waals surface area contributed by atoms with Gasteiger partial charge in [-0.2, -0.15) is 0 Å². The van der Waals surface area contributed by atoms with E-state index in [1.54, 1.807) is 0 Å². The van der Waals surface area contributed by atoms with Gasteiger partial charge in [-0.05, 0) is 62.2 Å². The minimum absolute atomic E-state index is 0.0236. The van der Waals surface area contributed by atoms with Crippen LogP contribution < -0.4 is 15.0 Å². The van der Waals surface area contributed by atoms with E-state index in [4.69, 9.17) is 16.3 Å². The number of piperazine rings is 1. The quantitative estimate of drug-likeness (QED) is 0.831. The van der Waals surface area contributed by atoms with Gasteiger partial charge < -0.3 is 20.1 Å².